The van der Waals surface area contributed by atoms with Gasteiger partial charge in [0.2, 0.25) is 5.95 Å². The van der Waals surface area contributed by atoms with Gasteiger partial charge in [0.25, 0.3) is 5.56 Å². The molecule has 0 fully saturated rings. The first-order chi connectivity index (χ1) is 12.6. The van der Waals surface area contributed by atoms with E-state index in [1.54, 1.807) is 18.5 Å². The van der Waals surface area contributed by atoms with Crippen LogP contribution in [0.4, 0.5) is 5.95 Å². The highest BCUT2D eigenvalue weighted by Gasteiger charge is 2.15. The van der Waals surface area contributed by atoms with Crippen LogP contribution in [0.25, 0.3) is 11.2 Å². The third kappa shape index (κ3) is 3.59. The predicted octanol–water partition coefficient (Wildman–Crippen LogP) is -0.650. The van der Waals surface area contributed by atoms with Crippen molar-refractivity contribution in [3.8, 4) is 0 Å². The Morgan fingerprint density at radius 2 is 2.04 bits per heavy atom. The van der Waals surface area contributed by atoms with Gasteiger partial charge in [-0.05, 0) is 31.6 Å². The average Bonchev–Trinajstić information content (AvgIpc) is 2.68. The molecule has 0 unspecified atom stereocenters. The zero-order chi connectivity index (χ0) is 18.5. The van der Waals surface area contributed by atoms with E-state index in [0.717, 1.165) is 23.1 Å². The Bertz CT molecular complexity index is 1010. The fourth-order valence-corrected chi connectivity index (χ4v) is 2.52. The summed E-state index contributed by atoms with van der Waals surface area (Å²) in [5.41, 5.74) is 0.0910. The fourth-order valence-electron chi connectivity index (χ4n) is 2.52. The van der Waals surface area contributed by atoms with E-state index in [-0.39, 0.29) is 23.7 Å². The Morgan fingerprint density at radius 3 is 2.77 bits per heavy atom. The quantitative estimate of drug-likeness (QED) is 0.536. The van der Waals surface area contributed by atoms with Crippen molar-refractivity contribution in [3.05, 3.63) is 50.9 Å². The van der Waals surface area contributed by atoms with E-state index in [2.05, 4.69) is 30.8 Å². The van der Waals surface area contributed by atoms with E-state index >= 15 is 0 Å². The second kappa shape index (κ2) is 7.83. The molecule has 3 heterocycles. The van der Waals surface area contributed by atoms with Gasteiger partial charge in [-0.15, -0.1) is 10.2 Å². The molecule has 0 atom stereocenters. The molecule has 0 aliphatic rings. The third-order valence-corrected chi connectivity index (χ3v) is 3.90. The molecule has 10 heteroatoms. The van der Waals surface area contributed by atoms with Gasteiger partial charge in [0.1, 0.15) is 0 Å². The van der Waals surface area contributed by atoms with Crippen molar-refractivity contribution in [2.45, 2.75) is 13.0 Å². The summed E-state index contributed by atoms with van der Waals surface area (Å²) in [6.45, 7) is 1.71. The molecular formula is C16H20N8O2. The van der Waals surface area contributed by atoms with Crippen LogP contribution in [-0.4, -0.2) is 49.4 Å². The van der Waals surface area contributed by atoms with E-state index in [0.29, 0.717) is 6.54 Å². The molecule has 0 bridgehead atoms. The van der Waals surface area contributed by atoms with Crippen LogP contribution in [0.1, 0.15) is 12.0 Å². The van der Waals surface area contributed by atoms with Crippen LogP contribution in [0.5, 0.6) is 0 Å². The first kappa shape index (κ1) is 17.7. The number of hydrogen-bond donors (Lipinski definition) is 2. The SMILES string of the molecule is CNCCCNc1nnc2c(n1)c(=O)n(C)c(=O)n2Cc1cccnc1. The van der Waals surface area contributed by atoms with Crippen molar-refractivity contribution in [3.63, 3.8) is 0 Å². The van der Waals surface area contributed by atoms with Gasteiger partial charge in [0.05, 0.1) is 6.54 Å². The first-order valence-electron chi connectivity index (χ1n) is 8.23. The van der Waals surface area contributed by atoms with Crippen molar-refractivity contribution in [2.75, 3.05) is 25.5 Å². The second-order valence-corrected chi connectivity index (χ2v) is 5.79. The number of nitrogens with zero attached hydrogens (tertiary/aromatic N) is 6. The third-order valence-electron chi connectivity index (χ3n) is 3.90. The van der Waals surface area contributed by atoms with Crippen LogP contribution >= 0.6 is 0 Å². The fraction of sp³-hybridized carbons (Fsp3) is 0.375. The highest BCUT2D eigenvalue weighted by molar-refractivity contribution is 5.69. The maximum atomic E-state index is 12.5. The maximum absolute atomic E-state index is 12.5. The lowest BCUT2D eigenvalue weighted by Gasteiger charge is -2.11. The van der Waals surface area contributed by atoms with Gasteiger partial charge >= 0.3 is 5.69 Å². The lowest BCUT2D eigenvalue weighted by Crippen LogP contribution is -2.39. The topological polar surface area (TPSA) is 120 Å². The normalized spacial score (nSPS) is 11.0. The van der Waals surface area contributed by atoms with Crippen molar-refractivity contribution < 1.29 is 0 Å². The molecule has 3 aromatic heterocycles. The van der Waals surface area contributed by atoms with Crippen molar-refractivity contribution in [1.82, 2.24) is 34.6 Å². The van der Waals surface area contributed by atoms with Crippen LogP contribution in [0, 0.1) is 0 Å². The smallest absolute Gasteiger partial charge is 0.332 e. The van der Waals surface area contributed by atoms with Gasteiger partial charge in [-0.3, -0.25) is 18.9 Å². The summed E-state index contributed by atoms with van der Waals surface area (Å²) in [6.07, 6.45) is 4.18. The molecule has 0 aromatic carbocycles. The van der Waals surface area contributed by atoms with Crippen LogP contribution in [0.15, 0.2) is 34.1 Å². The van der Waals surface area contributed by atoms with Gasteiger partial charge in [0.15, 0.2) is 11.2 Å². The van der Waals surface area contributed by atoms with Gasteiger partial charge in [0, 0.05) is 26.0 Å². The maximum Gasteiger partial charge on any atom is 0.332 e. The van der Waals surface area contributed by atoms with Gasteiger partial charge < -0.3 is 10.6 Å². The number of fused-ring (bicyclic) bond motifs is 1. The number of rotatable bonds is 7. The first-order valence-corrected chi connectivity index (χ1v) is 8.23. The Morgan fingerprint density at radius 1 is 1.19 bits per heavy atom. The van der Waals surface area contributed by atoms with E-state index in [1.165, 1.54) is 11.6 Å². The van der Waals surface area contributed by atoms with Crippen LogP contribution < -0.4 is 21.9 Å². The van der Waals surface area contributed by atoms with E-state index in [1.807, 2.05) is 13.1 Å². The molecular weight excluding hydrogens is 336 g/mol. The molecule has 2 N–H and O–H groups in total. The summed E-state index contributed by atoms with van der Waals surface area (Å²) in [5, 5.41) is 14.2. The molecule has 3 rings (SSSR count). The summed E-state index contributed by atoms with van der Waals surface area (Å²) in [7, 11) is 3.30. The van der Waals surface area contributed by atoms with E-state index in [9.17, 15) is 9.59 Å². The molecule has 26 heavy (non-hydrogen) atoms. The molecule has 0 saturated carbocycles. The number of hydrogen-bond acceptors (Lipinski definition) is 8. The Kier molecular flexibility index (Phi) is 5.32. The number of pyridine rings is 1. The Labute approximate surface area is 148 Å². The number of anilines is 1. The van der Waals surface area contributed by atoms with Crippen molar-refractivity contribution in [1.29, 1.82) is 0 Å². The minimum absolute atomic E-state index is 0.0992. The molecule has 136 valence electrons. The number of nitrogens with one attached hydrogen (secondary N) is 2. The summed E-state index contributed by atoms with van der Waals surface area (Å²) in [5.74, 6) is 0.261. The highest BCUT2D eigenvalue weighted by Crippen LogP contribution is 2.07. The molecule has 0 spiro atoms. The minimum atomic E-state index is -0.499. The average molecular weight is 356 g/mol. The summed E-state index contributed by atoms with van der Waals surface area (Å²) < 4.78 is 2.40. The van der Waals surface area contributed by atoms with Crippen LogP contribution in [-0.2, 0) is 13.6 Å². The number of aromatic nitrogens is 6. The lowest BCUT2D eigenvalue weighted by atomic mass is 10.3. The molecule has 0 saturated heterocycles. The highest BCUT2D eigenvalue weighted by atomic mass is 16.2. The molecule has 10 nitrogen and oxygen atoms in total. The van der Waals surface area contributed by atoms with Crippen LogP contribution in [0.3, 0.4) is 0 Å². The molecule has 3 aromatic rings. The second-order valence-electron chi connectivity index (χ2n) is 5.79. The predicted molar refractivity (Wildman–Crippen MR) is 97.2 cm³/mol. The summed E-state index contributed by atoms with van der Waals surface area (Å²) >= 11 is 0. The van der Waals surface area contributed by atoms with Gasteiger partial charge in [-0.1, -0.05) is 6.07 Å². The Balaban J connectivity index is 2.02. The summed E-state index contributed by atoms with van der Waals surface area (Å²) in [6, 6.07) is 3.62. The van der Waals surface area contributed by atoms with E-state index < -0.39 is 11.2 Å². The zero-order valence-electron chi connectivity index (χ0n) is 14.6. The van der Waals surface area contributed by atoms with Crippen LogP contribution in [0.2, 0.25) is 0 Å². The Hall–Kier alpha value is -3.14. The van der Waals surface area contributed by atoms with E-state index in [4.69, 9.17) is 0 Å². The molecule has 0 aliphatic carbocycles. The van der Waals surface area contributed by atoms with Gasteiger partial charge in [-0.2, -0.15) is 0 Å². The molecule has 0 amide bonds. The van der Waals surface area contributed by atoms with Gasteiger partial charge in [-0.25, -0.2) is 9.78 Å². The van der Waals surface area contributed by atoms with Crippen molar-refractivity contribution in [2.24, 2.45) is 7.05 Å². The molecule has 0 aliphatic heterocycles. The monoisotopic (exact) mass is 356 g/mol. The largest absolute Gasteiger partial charge is 0.353 e. The summed E-state index contributed by atoms with van der Waals surface area (Å²) in [4.78, 5) is 33.3. The van der Waals surface area contributed by atoms with Crippen molar-refractivity contribution >= 4 is 17.1 Å². The minimum Gasteiger partial charge on any atom is -0.353 e. The lowest BCUT2D eigenvalue weighted by molar-refractivity contribution is 0.658. The molecule has 0 radical (unpaired) electrons. The zero-order valence-corrected chi connectivity index (χ0v) is 14.6. The standard InChI is InChI=1S/C16H20N8O2/c1-17-6-4-8-19-15-20-12-13(21-22-15)24(16(26)23(2)14(12)25)10-11-5-3-7-18-9-11/h3,5,7,9,17H,4,6,8,10H2,1-2H3,(H,19,20,22).